The van der Waals surface area contributed by atoms with Crippen molar-refractivity contribution < 1.29 is 0 Å². The van der Waals surface area contributed by atoms with Crippen LogP contribution >= 0.6 is 34.5 Å². The Morgan fingerprint density at radius 3 is 2.67 bits per heavy atom. The average Bonchev–Trinajstić information content (AvgIpc) is 2.45. The summed E-state index contributed by atoms with van der Waals surface area (Å²) in [5.41, 5.74) is 1.04. The monoisotopic (exact) mass is 261 g/mol. The van der Waals surface area contributed by atoms with Crippen LogP contribution in [0.4, 0.5) is 0 Å². The van der Waals surface area contributed by atoms with E-state index in [-0.39, 0.29) is 12.1 Å². The van der Waals surface area contributed by atoms with E-state index in [1.165, 1.54) is 11.3 Å². The minimum absolute atomic E-state index is 0.171. The van der Waals surface area contributed by atoms with Gasteiger partial charge in [0.2, 0.25) is 0 Å². The van der Waals surface area contributed by atoms with Crippen LogP contribution in [-0.2, 0) is 0 Å². The molecule has 1 rings (SSSR count). The maximum absolute atomic E-state index is 6.05. The van der Waals surface area contributed by atoms with Gasteiger partial charge in [0, 0.05) is 18.5 Å². The maximum Gasteiger partial charge on any atom is 0.0991 e. The molecule has 2 atom stereocenters. The van der Waals surface area contributed by atoms with Gasteiger partial charge in [-0.05, 0) is 25.5 Å². The standard InChI is InChI=1S/C11H13Cl2NS/c1-4-5-7(2)14-8(3)9-6-10(12)15-11(9)13/h1,6-8,14H,5H2,2-3H3. The van der Waals surface area contributed by atoms with E-state index in [1.54, 1.807) is 0 Å². The smallest absolute Gasteiger partial charge is 0.0991 e. The quantitative estimate of drug-likeness (QED) is 0.805. The normalized spacial score (nSPS) is 14.6. The molecule has 2 unspecified atom stereocenters. The first-order valence-electron chi connectivity index (χ1n) is 4.68. The van der Waals surface area contributed by atoms with E-state index in [2.05, 4.69) is 25.1 Å². The van der Waals surface area contributed by atoms with E-state index in [9.17, 15) is 0 Å². The lowest BCUT2D eigenvalue weighted by Crippen LogP contribution is -2.28. The van der Waals surface area contributed by atoms with Gasteiger partial charge in [0.05, 0.1) is 8.67 Å². The molecule has 1 nitrogen and oxygen atoms in total. The number of terminal acetylenes is 1. The third-order valence-corrected chi connectivity index (χ3v) is 3.63. The van der Waals surface area contributed by atoms with Gasteiger partial charge in [0.15, 0.2) is 0 Å². The molecule has 4 heteroatoms. The summed E-state index contributed by atoms with van der Waals surface area (Å²) >= 11 is 13.3. The summed E-state index contributed by atoms with van der Waals surface area (Å²) in [6.07, 6.45) is 5.95. The SMILES string of the molecule is C#CCC(C)NC(C)c1cc(Cl)sc1Cl. The zero-order chi connectivity index (χ0) is 11.4. The predicted octanol–water partition coefficient (Wildman–Crippen LogP) is 4.12. The number of hydrogen-bond donors (Lipinski definition) is 1. The molecule has 82 valence electrons. The Morgan fingerprint density at radius 2 is 2.20 bits per heavy atom. The largest absolute Gasteiger partial charge is 0.307 e. The van der Waals surface area contributed by atoms with Crippen LogP contribution in [0.1, 0.15) is 31.9 Å². The number of halogens is 2. The molecular formula is C11H13Cl2NS. The van der Waals surface area contributed by atoms with Crippen LogP contribution in [0.3, 0.4) is 0 Å². The van der Waals surface area contributed by atoms with Gasteiger partial charge >= 0.3 is 0 Å². The van der Waals surface area contributed by atoms with Crippen molar-refractivity contribution in [3.8, 4) is 12.3 Å². The van der Waals surface area contributed by atoms with E-state index < -0.39 is 0 Å². The van der Waals surface area contributed by atoms with Crippen molar-refractivity contribution in [2.75, 3.05) is 0 Å². The van der Waals surface area contributed by atoms with E-state index in [4.69, 9.17) is 29.6 Å². The zero-order valence-electron chi connectivity index (χ0n) is 8.68. The van der Waals surface area contributed by atoms with Crippen molar-refractivity contribution in [2.24, 2.45) is 0 Å². The highest BCUT2D eigenvalue weighted by Crippen LogP contribution is 2.34. The van der Waals surface area contributed by atoms with Crippen LogP contribution in [0.5, 0.6) is 0 Å². The van der Waals surface area contributed by atoms with Crippen LogP contribution in [0.15, 0.2) is 6.07 Å². The first-order chi connectivity index (χ1) is 7.04. The van der Waals surface area contributed by atoms with Gasteiger partial charge in [-0.3, -0.25) is 0 Å². The van der Waals surface area contributed by atoms with Crippen molar-refractivity contribution >= 4 is 34.5 Å². The molecule has 0 amide bonds. The molecule has 1 heterocycles. The fraction of sp³-hybridized carbons (Fsp3) is 0.455. The van der Waals surface area contributed by atoms with E-state index in [0.717, 1.165) is 9.90 Å². The van der Waals surface area contributed by atoms with Gasteiger partial charge < -0.3 is 5.32 Å². The van der Waals surface area contributed by atoms with Gasteiger partial charge in [-0.1, -0.05) is 23.2 Å². The van der Waals surface area contributed by atoms with E-state index in [0.29, 0.717) is 10.8 Å². The van der Waals surface area contributed by atoms with Crippen molar-refractivity contribution in [1.82, 2.24) is 5.32 Å². The number of hydrogen-bond acceptors (Lipinski definition) is 2. The number of rotatable bonds is 4. The van der Waals surface area contributed by atoms with E-state index in [1.807, 2.05) is 6.07 Å². The maximum atomic E-state index is 6.05. The molecule has 0 saturated heterocycles. The lowest BCUT2D eigenvalue weighted by molar-refractivity contribution is 0.487. The zero-order valence-corrected chi connectivity index (χ0v) is 11.0. The highest BCUT2D eigenvalue weighted by Gasteiger charge is 2.14. The third-order valence-electron chi connectivity index (χ3n) is 2.11. The van der Waals surface area contributed by atoms with Gasteiger partial charge in [-0.2, -0.15) is 0 Å². The Hall–Kier alpha value is -0.200. The van der Waals surface area contributed by atoms with Crippen molar-refractivity contribution in [3.05, 3.63) is 20.3 Å². The Balaban J connectivity index is 2.65. The first kappa shape index (κ1) is 12.9. The third kappa shape index (κ3) is 3.70. The molecule has 0 radical (unpaired) electrons. The van der Waals surface area contributed by atoms with Crippen LogP contribution in [0.25, 0.3) is 0 Å². The van der Waals surface area contributed by atoms with Crippen LogP contribution < -0.4 is 5.32 Å². The molecule has 0 aromatic carbocycles. The molecule has 0 saturated carbocycles. The van der Waals surface area contributed by atoms with Gasteiger partial charge in [-0.25, -0.2) is 0 Å². The molecule has 1 aromatic rings. The molecule has 1 aromatic heterocycles. The van der Waals surface area contributed by atoms with Crippen molar-refractivity contribution in [2.45, 2.75) is 32.4 Å². The summed E-state index contributed by atoms with van der Waals surface area (Å²) in [6.45, 7) is 4.11. The highest BCUT2D eigenvalue weighted by atomic mass is 35.5. The summed E-state index contributed by atoms with van der Waals surface area (Å²) in [5, 5.41) is 3.37. The first-order valence-corrected chi connectivity index (χ1v) is 6.26. The summed E-state index contributed by atoms with van der Waals surface area (Å²) in [5.74, 6) is 2.63. The molecular weight excluding hydrogens is 249 g/mol. The Bertz CT molecular complexity index is 367. The fourth-order valence-electron chi connectivity index (χ4n) is 1.40. The Labute approximate surface area is 105 Å². The lowest BCUT2D eigenvalue weighted by Gasteiger charge is -2.17. The molecule has 0 fully saturated rings. The lowest BCUT2D eigenvalue weighted by atomic mass is 10.1. The molecule has 1 N–H and O–H groups in total. The summed E-state index contributed by atoms with van der Waals surface area (Å²) in [7, 11) is 0. The molecule has 0 aliphatic rings. The van der Waals surface area contributed by atoms with Crippen LogP contribution in [-0.4, -0.2) is 6.04 Å². The summed E-state index contributed by atoms with van der Waals surface area (Å²) in [6, 6.07) is 2.35. The van der Waals surface area contributed by atoms with Gasteiger partial charge in [0.1, 0.15) is 0 Å². The second-order valence-corrected chi connectivity index (χ2v) is 5.76. The van der Waals surface area contributed by atoms with E-state index >= 15 is 0 Å². The molecule has 0 bridgehead atoms. The van der Waals surface area contributed by atoms with Crippen LogP contribution in [0, 0.1) is 12.3 Å². The molecule has 0 spiro atoms. The molecule has 15 heavy (non-hydrogen) atoms. The fourth-order valence-corrected chi connectivity index (χ4v) is 3.05. The summed E-state index contributed by atoms with van der Waals surface area (Å²) in [4.78, 5) is 0. The minimum Gasteiger partial charge on any atom is -0.307 e. The number of nitrogens with one attached hydrogen (secondary N) is 1. The molecule has 0 aliphatic carbocycles. The van der Waals surface area contributed by atoms with Crippen molar-refractivity contribution in [1.29, 1.82) is 0 Å². The Kier molecular flexibility index (Phi) is 4.95. The minimum atomic E-state index is 0.171. The van der Waals surface area contributed by atoms with Gasteiger partial charge in [-0.15, -0.1) is 23.7 Å². The topological polar surface area (TPSA) is 12.0 Å². The number of thiophene rings is 1. The Morgan fingerprint density at radius 1 is 1.53 bits per heavy atom. The average molecular weight is 262 g/mol. The molecule has 0 aliphatic heterocycles. The second kappa shape index (κ2) is 5.77. The van der Waals surface area contributed by atoms with Gasteiger partial charge in [0.25, 0.3) is 0 Å². The second-order valence-electron chi connectivity index (χ2n) is 3.48. The van der Waals surface area contributed by atoms with Crippen LogP contribution in [0.2, 0.25) is 8.67 Å². The predicted molar refractivity (Wildman–Crippen MR) is 68.8 cm³/mol. The summed E-state index contributed by atoms with van der Waals surface area (Å²) < 4.78 is 1.46. The highest BCUT2D eigenvalue weighted by molar-refractivity contribution is 7.20. The van der Waals surface area contributed by atoms with Crippen molar-refractivity contribution in [3.63, 3.8) is 0 Å².